The van der Waals surface area contributed by atoms with Gasteiger partial charge in [0, 0.05) is 22.1 Å². The monoisotopic (exact) mass is 377 g/mol. The van der Waals surface area contributed by atoms with Crippen LogP contribution in [0, 0.1) is 19.7 Å². The highest BCUT2D eigenvalue weighted by Crippen LogP contribution is 2.20. The number of thiazole rings is 2. The van der Waals surface area contributed by atoms with Crippen LogP contribution in [0.4, 0.5) is 10.1 Å². The predicted molar refractivity (Wildman–Crippen MR) is 97.8 cm³/mol. The SMILES string of the molecule is Cc1nc(CN(C(=O)Cn2c(C)csc2=O)c2ccc(F)cc2)cs1. The molecular formula is C17H16FN3O2S2. The van der Waals surface area contributed by atoms with Gasteiger partial charge in [0.05, 0.1) is 17.2 Å². The zero-order valence-corrected chi connectivity index (χ0v) is 15.4. The van der Waals surface area contributed by atoms with Crippen molar-refractivity contribution in [2.24, 2.45) is 0 Å². The number of hydrogen-bond donors (Lipinski definition) is 0. The number of hydrogen-bond acceptors (Lipinski definition) is 5. The number of amides is 1. The number of benzene rings is 1. The molecule has 0 saturated carbocycles. The lowest BCUT2D eigenvalue weighted by molar-refractivity contribution is -0.119. The first-order valence-corrected chi connectivity index (χ1v) is 9.32. The van der Waals surface area contributed by atoms with Gasteiger partial charge in [0.1, 0.15) is 12.4 Å². The van der Waals surface area contributed by atoms with Crippen molar-refractivity contribution >= 4 is 34.3 Å². The van der Waals surface area contributed by atoms with Crippen molar-refractivity contribution in [2.45, 2.75) is 26.9 Å². The first-order chi connectivity index (χ1) is 11.9. The molecule has 0 N–H and O–H groups in total. The summed E-state index contributed by atoms with van der Waals surface area (Å²) >= 11 is 2.57. The van der Waals surface area contributed by atoms with Crippen LogP contribution in [0.25, 0.3) is 0 Å². The quantitative estimate of drug-likeness (QED) is 0.685. The molecule has 0 radical (unpaired) electrons. The molecule has 0 saturated heterocycles. The maximum atomic E-state index is 13.2. The number of nitrogens with zero attached hydrogens (tertiary/aromatic N) is 3. The lowest BCUT2D eigenvalue weighted by Gasteiger charge is -2.22. The number of carbonyl (C=O) groups is 1. The Kier molecular flexibility index (Phi) is 5.10. The molecule has 0 unspecified atom stereocenters. The van der Waals surface area contributed by atoms with Crippen LogP contribution < -0.4 is 9.77 Å². The number of carbonyl (C=O) groups excluding carboxylic acids is 1. The second-order valence-corrected chi connectivity index (χ2v) is 7.43. The fourth-order valence-corrected chi connectivity index (χ4v) is 3.74. The summed E-state index contributed by atoms with van der Waals surface area (Å²) in [5.74, 6) is -0.619. The molecule has 0 atom stereocenters. The van der Waals surface area contributed by atoms with E-state index in [0.29, 0.717) is 5.69 Å². The molecule has 0 aliphatic heterocycles. The molecule has 0 aliphatic carbocycles. The maximum absolute atomic E-state index is 13.2. The third-order valence-electron chi connectivity index (χ3n) is 3.70. The first kappa shape index (κ1) is 17.5. The van der Waals surface area contributed by atoms with Crippen LogP contribution in [0.3, 0.4) is 0 Å². The lowest BCUT2D eigenvalue weighted by Crippen LogP contribution is -2.35. The Balaban J connectivity index is 1.90. The summed E-state index contributed by atoms with van der Waals surface area (Å²) in [4.78, 5) is 30.5. The van der Waals surface area contributed by atoms with Gasteiger partial charge in [-0.1, -0.05) is 11.3 Å². The summed E-state index contributed by atoms with van der Waals surface area (Å²) < 4.78 is 14.7. The predicted octanol–water partition coefficient (Wildman–Crippen LogP) is 3.36. The van der Waals surface area contributed by atoms with Crippen molar-refractivity contribution in [3.05, 3.63) is 66.9 Å². The van der Waals surface area contributed by atoms with E-state index in [4.69, 9.17) is 0 Å². The average Bonchev–Trinajstić information content (AvgIpc) is 3.13. The van der Waals surface area contributed by atoms with Crippen molar-refractivity contribution in [3.63, 3.8) is 0 Å². The molecule has 3 rings (SSSR count). The number of aryl methyl sites for hydroxylation is 2. The van der Waals surface area contributed by atoms with Crippen LogP contribution in [0.2, 0.25) is 0 Å². The molecule has 8 heteroatoms. The van der Waals surface area contributed by atoms with Crippen LogP contribution in [0.15, 0.2) is 39.8 Å². The largest absolute Gasteiger partial charge is 0.307 e. The van der Waals surface area contributed by atoms with Crippen molar-refractivity contribution < 1.29 is 9.18 Å². The van der Waals surface area contributed by atoms with Crippen LogP contribution >= 0.6 is 22.7 Å². The van der Waals surface area contributed by atoms with E-state index in [1.807, 2.05) is 12.3 Å². The fraction of sp³-hybridized carbons (Fsp3) is 0.235. The lowest BCUT2D eigenvalue weighted by atomic mass is 10.2. The van der Waals surface area contributed by atoms with Crippen LogP contribution in [0.5, 0.6) is 0 Å². The highest BCUT2D eigenvalue weighted by molar-refractivity contribution is 7.09. The molecule has 0 bridgehead atoms. The highest BCUT2D eigenvalue weighted by Gasteiger charge is 2.19. The van der Waals surface area contributed by atoms with E-state index in [0.717, 1.165) is 27.7 Å². The molecule has 0 aliphatic rings. The van der Waals surface area contributed by atoms with Gasteiger partial charge in [0.15, 0.2) is 0 Å². The summed E-state index contributed by atoms with van der Waals surface area (Å²) in [6.45, 7) is 3.89. The van der Waals surface area contributed by atoms with Gasteiger partial charge in [-0.2, -0.15) is 0 Å². The molecule has 25 heavy (non-hydrogen) atoms. The minimum absolute atomic E-state index is 0.0609. The van der Waals surface area contributed by atoms with Crippen LogP contribution in [0.1, 0.15) is 16.4 Å². The molecular weight excluding hydrogens is 361 g/mol. The molecule has 2 aromatic heterocycles. The summed E-state index contributed by atoms with van der Waals surface area (Å²) in [6.07, 6.45) is 0. The van der Waals surface area contributed by atoms with E-state index >= 15 is 0 Å². The number of aromatic nitrogens is 2. The van der Waals surface area contributed by atoms with Gasteiger partial charge < -0.3 is 4.90 Å². The van der Waals surface area contributed by atoms with Gasteiger partial charge in [-0.3, -0.25) is 14.2 Å². The van der Waals surface area contributed by atoms with Crippen LogP contribution in [-0.2, 0) is 17.9 Å². The Morgan fingerprint density at radius 2 is 1.92 bits per heavy atom. The highest BCUT2D eigenvalue weighted by atomic mass is 32.1. The number of halogens is 1. The Morgan fingerprint density at radius 3 is 2.48 bits per heavy atom. The zero-order chi connectivity index (χ0) is 18.0. The minimum atomic E-state index is -0.370. The summed E-state index contributed by atoms with van der Waals surface area (Å²) in [7, 11) is 0. The van der Waals surface area contributed by atoms with Gasteiger partial charge in [0.25, 0.3) is 0 Å². The van der Waals surface area contributed by atoms with Gasteiger partial charge in [-0.05, 0) is 38.1 Å². The normalized spacial score (nSPS) is 10.8. The maximum Gasteiger partial charge on any atom is 0.307 e. The summed E-state index contributed by atoms with van der Waals surface area (Å²) in [5, 5.41) is 4.52. The second-order valence-electron chi connectivity index (χ2n) is 5.54. The third-order valence-corrected chi connectivity index (χ3v) is 5.40. The van der Waals surface area contributed by atoms with E-state index in [9.17, 15) is 14.0 Å². The number of rotatable bonds is 5. The molecule has 0 spiro atoms. The Hall–Kier alpha value is -2.32. The van der Waals surface area contributed by atoms with E-state index in [1.165, 1.54) is 32.9 Å². The minimum Gasteiger partial charge on any atom is -0.305 e. The average molecular weight is 377 g/mol. The van der Waals surface area contributed by atoms with Crippen molar-refractivity contribution in [1.29, 1.82) is 0 Å². The Morgan fingerprint density at radius 1 is 1.20 bits per heavy atom. The third kappa shape index (κ3) is 4.02. The van der Waals surface area contributed by atoms with E-state index in [1.54, 1.807) is 24.4 Å². The van der Waals surface area contributed by atoms with Gasteiger partial charge in [0.2, 0.25) is 5.91 Å². The molecule has 1 aromatic carbocycles. The van der Waals surface area contributed by atoms with Crippen molar-refractivity contribution in [1.82, 2.24) is 9.55 Å². The van der Waals surface area contributed by atoms with Crippen LogP contribution in [-0.4, -0.2) is 15.5 Å². The molecule has 130 valence electrons. The van der Waals surface area contributed by atoms with Gasteiger partial charge >= 0.3 is 4.87 Å². The fourth-order valence-electron chi connectivity index (χ4n) is 2.40. The summed E-state index contributed by atoms with van der Waals surface area (Å²) in [5.41, 5.74) is 2.07. The molecule has 1 amide bonds. The first-order valence-electron chi connectivity index (χ1n) is 7.56. The standard InChI is InChI=1S/C17H16FN3O2S2/c1-11-9-25-17(23)20(11)8-16(22)21(7-14-10-24-12(2)19-14)15-5-3-13(18)4-6-15/h3-6,9-10H,7-8H2,1-2H3. The number of anilines is 1. The van der Waals surface area contributed by atoms with Crippen molar-refractivity contribution in [2.75, 3.05) is 4.90 Å². The molecule has 3 aromatic rings. The molecule has 5 nitrogen and oxygen atoms in total. The topological polar surface area (TPSA) is 55.2 Å². The zero-order valence-electron chi connectivity index (χ0n) is 13.7. The van der Waals surface area contributed by atoms with Gasteiger partial charge in [-0.15, -0.1) is 11.3 Å². The molecule has 2 heterocycles. The van der Waals surface area contributed by atoms with E-state index < -0.39 is 0 Å². The van der Waals surface area contributed by atoms with Crippen molar-refractivity contribution in [3.8, 4) is 0 Å². The van der Waals surface area contributed by atoms with E-state index in [-0.39, 0.29) is 29.7 Å². The summed E-state index contributed by atoms with van der Waals surface area (Å²) in [6, 6.07) is 5.72. The Bertz CT molecular complexity index is 943. The van der Waals surface area contributed by atoms with Gasteiger partial charge in [-0.25, -0.2) is 9.37 Å². The van der Waals surface area contributed by atoms with E-state index in [2.05, 4.69) is 4.98 Å². The Labute approximate surface area is 152 Å². The molecule has 0 fully saturated rings. The second kappa shape index (κ2) is 7.28. The smallest absolute Gasteiger partial charge is 0.305 e.